The summed E-state index contributed by atoms with van der Waals surface area (Å²) in [5, 5.41) is 2.79. The van der Waals surface area contributed by atoms with Gasteiger partial charge in [0.05, 0.1) is 17.3 Å². The molecule has 2 heterocycles. The van der Waals surface area contributed by atoms with Crippen LogP contribution in [0.25, 0.3) is 0 Å². The number of benzene rings is 1. The number of aromatic nitrogens is 1. The summed E-state index contributed by atoms with van der Waals surface area (Å²) in [5.74, 6) is -0.667. The van der Waals surface area contributed by atoms with Gasteiger partial charge in [0.25, 0.3) is 0 Å². The third-order valence-electron chi connectivity index (χ3n) is 6.02. The van der Waals surface area contributed by atoms with E-state index in [1.807, 2.05) is 4.90 Å². The highest BCUT2D eigenvalue weighted by Crippen LogP contribution is 2.32. The molecular formula is C23H28F3N4O4S-. The van der Waals surface area contributed by atoms with Crippen molar-refractivity contribution in [2.45, 2.75) is 58.0 Å². The van der Waals surface area contributed by atoms with E-state index >= 15 is 0 Å². The summed E-state index contributed by atoms with van der Waals surface area (Å²) in [5.41, 5.74) is 5.69. The van der Waals surface area contributed by atoms with Crippen LogP contribution in [0.15, 0.2) is 30.3 Å². The van der Waals surface area contributed by atoms with Crippen LogP contribution in [-0.4, -0.2) is 32.7 Å². The zero-order valence-corrected chi connectivity index (χ0v) is 20.5. The largest absolute Gasteiger partial charge is 0.750 e. The van der Waals surface area contributed by atoms with Crippen molar-refractivity contribution in [3.05, 3.63) is 58.3 Å². The van der Waals surface area contributed by atoms with Crippen LogP contribution in [0.4, 0.5) is 19.0 Å². The van der Waals surface area contributed by atoms with Crippen molar-refractivity contribution in [2.75, 3.05) is 18.0 Å². The fourth-order valence-electron chi connectivity index (χ4n) is 4.16. The van der Waals surface area contributed by atoms with Crippen LogP contribution in [0.3, 0.4) is 0 Å². The lowest BCUT2D eigenvalue weighted by Gasteiger charge is -2.28. The monoisotopic (exact) mass is 513 g/mol. The van der Waals surface area contributed by atoms with E-state index in [0.717, 1.165) is 18.9 Å². The van der Waals surface area contributed by atoms with Gasteiger partial charge in [-0.25, -0.2) is 9.19 Å². The van der Waals surface area contributed by atoms with E-state index in [2.05, 4.69) is 10.3 Å². The van der Waals surface area contributed by atoms with Crippen LogP contribution in [0.2, 0.25) is 0 Å². The van der Waals surface area contributed by atoms with Crippen molar-refractivity contribution < 1.29 is 30.9 Å². The number of nitrogens with one attached hydrogen (secondary N) is 1. The summed E-state index contributed by atoms with van der Waals surface area (Å²) in [6, 6.07) is 7.26. The molecular weight excluding hydrogens is 485 g/mol. The highest BCUT2D eigenvalue weighted by atomic mass is 32.2. The lowest BCUT2D eigenvalue weighted by Crippen LogP contribution is -2.37. The molecule has 3 unspecified atom stereocenters. The smallest absolute Gasteiger partial charge is 0.433 e. The third-order valence-corrected chi connectivity index (χ3v) is 6.51. The van der Waals surface area contributed by atoms with Gasteiger partial charge in [0.2, 0.25) is 5.91 Å². The molecule has 1 aliphatic rings. The van der Waals surface area contributed by atoms with E-state index in [-0.39, 0.29) is 18.3 Å². The average Bonchev–Trinajstić information content (AvgIpc) is 3.29. The zero-order chi connectivity index (χ0) is 26.0. The number of carbonyl (C=O) groups excluding carboxylic acids is 1. The van der Waals surface area contributed by atoms with Gasteiger partial charge >= 0.3 is 6.18 Å². The number of anilines is 1. The molecule has 2 aromatic rings. The average molecular weight is 514 g/mol. The fourth-order valence-corrected chi connectivity index (χ4v) is 4.53. The number of alkyl halides is 3. The molecule has 0 aliphatic carbocycles. The van der Waals surface area contributed by atoms with E-state index in [1.165, 1.54) is 13.0 Å². The Labute approximate surface area is 204 Å². The molecule has 1 fully saturated rings. The first-order valence-electron chi connectivity index (χ1n) is 11.1. The fraction of sp³-hybridized carbons (Fsp3) is 0.478. The Morgan fingerprint density at radius 1 is 1.29 bits per heavy atom. The van der Waals surface area contributed by atoms with Crippen LogP contribution in [0.1, 0.15) is 60.6 Å². The minimum atomic E-state index is -4.55. The predicted molar refractivity (Wildman–Crippen MR) is 124 cm³/mol. The molecule has 1 aromatic carbocycles. The molecule has 3 N–H and O–H groups in total. The summed E-state index contributed by atoms with van der Waals surface area (Å²) in [6.07, 6.45) is -2.82. The molecule has 1 saturated heterocycles. The normalized spacial score (nSPS) is 17.7. The van der Waals surface area contributed by atoms with Gasteiger partial charge in [-0.15, -0.1) is 0 Å². The van der Waals surface area contributed by atoms with Crippen molar-refractivity contribution in [3.63, 3.8) is 0 Å². The van der Waals surface area contributed by atoms with Gasteiger partial charge in [0.1, 0.15) is 11.5 Å². The van der Waals surface area contributed by atoms with Crippen molar-refractivity contribution in [2.24, 2.45) is 5.73 Å². The topological polar surface area (TPSA) is 121 Å². The maximum absolute atomic E-state index is 13.2. The molecule has 12 heteroatoms. The Morgan fingerprint density at radius 3 is 2.51 bits per heavy atom. The third kappa shape index (κ3) is 6.57. The summed E-state index contributed by atoms with van der Waals surface area (Å²) < 4.78 is 66.2. The van der Waals surface area contributed by atoms with Crippen molar-refractivity contribution in [1.82, 2.24) is 10.3 Å². The van der Waals surface area contributed by atoms with Gasteiger partial charge < -0.3 is 14.8 Å². The molecule has 0 saturated carbocycles. The van der Waals surface area contributed by atoms with Gasteiger partial charge in [-0.2, -0.15) is 13.2 Å². The van der Waals surface area contributed by atoms with Gasteiger partial charge in [-0.3, -0.25) is 14.7 Å². The number of hydrogen-bond donors (Lipinski definition) is 2. The molecule has 8 nitrogen and oxygen atoms in total. The van der Waals surface area contributed by atoms with Crippen LogP contribution < -0.4 is 16.0 Å². The summed E-state index contributed by atoms with van der Waals surface area (Å²) in [7, 11) is 0. The second kappa shape index (κ2) is 10.6. The molecule has 0 radical (unpaired) electrons. The number of halogens is 3. The highest BCUT2D eigenvalue weighted by Gasteiger charge is 2.34. The summed E-state index contributed by atoms with van der Waals surface area (Å²) in [4.78, 5) is 18.5. The molecule has 1 aliphatic heterocycles. The minimum Gasteiger partial charge on any atom is -0.750 e. The summed E-state index contributed by atoms with van der Waals surface area (Å²) in [6.45, 7) is 6.09. The molecule has 1 amide bonds. The maximum atomic E-state index is 13.2. The van der Waals surface area contributed by atoms with Gasteiger partial charge in [0.15, 0.2) is 5.72 Å². The Morgan fingerprint density at radius 2 is 1.94 bits per heavy atom. The van der Waals surface area contributed by atoms with Crippen LogP contribution in [-0.2, 0) is 38.8 Å². The number of carbonyl (C=O) groups is 1. The lowest BCUT2D eigenvalue weighted by molar-refractivity contribution is -0.141. The van der Waals surface area contributed by atoms with Gasteiger partial charge in [-0.1, -0.05) is 24.3 Å². The zero-order valence-electron chi connectivity index (χ0n) is 19.6. The molecule has 3 atom stereocenters. The number of rotatable bonds is 8. The lowest BCUT2D eigenvalue weighted by atomic mass is 9.92. The first kappa shape index (κ1) is 27.1. The van der Waals surface area contributed by atoms with Crippen LogP contribution in [0.5, 0.6) is 0 Å². The van der Waals surface area contributed by atoms with Crippen LogP contribution in [0, 0.1) is 6.92 Å². The molecule has 35 heavy (non-hydrogen) atoms. The second-order valence-electron chi connectivity index (χ2n) is 8.78. The molecule has 0 bridgehead atoms. The Balaban J connectivity index is 1.75. The first-order chi connectivity index (χ1) is 16.3. The van der Waals surface area contributed by atoms with Crippen molar-refractivity contribution >= 4 is 23.1 Å². The van der Waals surface area contributed by atoms with E-state index in [1.54, 1.807) is 32.0 Å². The van der Waals surface area contributed by atoms with Crippen molar-refractivity contribution in [3.8, 4) is 0 Å². The Bertz CT molecular complexity index is 1100. The van der Waals surface area contributed by atoms with E-state index in [0.29, 0.717) is 35.3 Å². The van der Waals surface area contributed by atoms with E-state index in [9.17, 15) is 26.7 Å². The summed E-state index contributed by atoms with van der Waals surface area (Å²) >= 11 is -2.81. The molecule has 3 rings (SSSR count). The molecule has 192 valence electrons. The van der Waals surface area contributed by atoms with Gasteiger partial charge in [0, 0.05) is 30.8 Å². The second-order valence-corrected chi connectivity index (χ2v) is 9.35. The predicted octanol–water partition coefficient (Wildman–Crippen LogP) is 3.37. The SMILES string of the molecule is Cc1cc(C(C)C(=O)NCc2ccc(C(F)(F)F)nc2N2CCCC2)ccc1C(C)(N)OS(=O)[O-]. The molecule has 0 spiro atoms. The Kier molecular flexibility index (Phi) is 8.20. The number of aryl methyl sites for hydroxylation is 1. The number of nitrogens with zero attached hydrogens (tertiary/aromatic N) is 2. The number of amides is 1. The van der Waals surface area contributed by atoms with Gasteiger partial charge in [-0.05, 0) is 50.8 Å². The Hall–Kier alpha value is -2.54. The van der Waals surface area contributed by atoms with Crippen molar-refractivity contribution in [1.29, 1.82) is 0 Å². The highest BCUT2D eigenvalue weighted by molar-refractivity contribution is 7.74. The quantitative estimate of drug-likeness (QED) is 0.410. The van der Waals surface area contributed by atoms with E-state index in [4.69, 9.17) is 9.92 Å². The number of nitrogens with two attached hydrogens (primary N) is 1. The first-order valence-corrected chi connectivity index (χ1v) is 12.1. The standard InChI is InChI=1S/C23H29F3N4O4S/c1-14-12-16(6-8-18(14)22(3,27)34-35(32)33)15(2)21(31)28-13-17-7-9-19(23(24,25)26)29-20(17)30-10-4-5-11-30/h6-9,12,15H,4-5,10-11,13,27H2,1-3H3,(H,28,31)(H,32,33)/p-1. The maximum Gasteiger partial charge on any atom is 0.433 e. The number of pyridine rings is 1. The van der Waals surface area contributed by atoms with Crippen LogP contribution >= 0.6 is 0 Å². The number of hydrogen-bond acceptors (Lipinski definition) is 7. The minimum absolute atomic E-state index is 0.0290. The molecule has 1 aromatic heterocycles. The van der Waals surface area contributed by atoms with E-state index < -0.39 is 34.9 Å².